The van der Waals surface area contributed by atoms with Crippen LogP contribution in [0.25, 0.3) is 0 Å². The molecule has 0 bridgehead atoms. The van der Waals surface area contributed by atoms with Crippen LogP contribution in [0, 0.1) is 5.92 Å². The van der Waals surface area contributed by atoms with Crippen molar-refractivity contribution < 1.29 is 43.2 Å². The minimum absolute atomic E-state index is 0.0609. The molecule has 2 aromatic rings. The highest BCUT2D eigenvalue weighted by molar-refractivity contribution is 5.98. The number of aromatic hydroxyl groups is 1. The van der Waals surface area contributed by atoms with E-state index in [9.17, 15) is 19.5 Å². The number of hydrogen-bond donors (Lipinski definition) is 2. The van der Waals surface area contributed by atoms with E-state index in [2.05, 4.69) is 15.0 Å². The van der Waals surface area contributed by atoms with Crippen molar-refractivity contribution in [3.8, 4) is 11.5 Å². The molecule has 3 rings (SSSR count). The van der Waals surface area contributed by atoms with Crippen LogP contribution in [0.5, 0.6) is 11.5 Å². The van der Waals surface area contributed by atoms with E-state index >= 15 is 0 Å². The normalized spacial score (nSPS) is 22.2. The number of esters is 2. The van der Waals surface area contributed by atoms with Gasteiger partial charge < -0.3 is 34.1 Å². The molecule has 1 aromatic carbocycles. The van der Waals surface area contributed by atoms with E-state index in [0.717, 1.165) is 11.6 Å². The first kappa shape index (κ1) is 27.5. The molecule has 1 fully saturated rings. The molecule has 4 atom stereocenters. The first-order valence-corrected chi connectivity index (χ1v) is 11.6. The van der Waals surface area contributed by atoms with Crippen LogP contribution in [0.4, 0.5) is 0 Å². The van der Waals surface area contributed by atoms with Gasteiger partial charge in [0.25, 0.3) is 5.91 Å². The second kappa shape index (κ2) is 13.3. The molecule has 0 saturated carbocycles. The fourth-order valence-corrected chi connectivity index (χ4v) is 3.88. The van der Waals surface area contributed by atoms with Crippen LogP contribution in [0.1, 0.15) is 23.0 Å². The van der Waals surface area contributed by atoms with Crippen molar-refractivity contribution in [3.05, 3.63) is 66.2 Å². The van der Waals surface area contributed by atoms with E-state index in [1.54, 1.807) is 6.92 Å². The molecule has 37 heavy (non-hydrogen) atoms. The summed E-state index contributed by atoms with van der Waals surface area (Å²) < 4.78 is 26.9. The zero-order valence-corrected chi connectivity index (χ0v) is 20.8. The lowest BCUT2D eigenvalue weighted by Gasteiger charge is -2.30. The van der Waals surface area contributed by atoms with Crippen LogP contribution in [0.15, 0.2) is 54.9 Å². The standard InChI is InChI=1S/C26H30N2O9/c1-16-24(36-12-10-21(29)34-3)18(13-17-7-5-4-6-8-17)14-35-15-19(26(32)37-16)28-25(31)22-23(30)20(33-2)9-11-27-22/h4-12,16,18-19,24,30H,13-15H2,1-3H3,(H,28,31)/b12-10+/t16-,18-,19-,24-/m0/s1. The summed E-state index contributed by atoms with van der Waals surface area (Å²) in [6, 6.07) is 9.87. The quantitative estimate of drug-likeness (QED) is 0.304. The van der Waals surface area contributed by atoms with Crippen molar-refractivity contribution in [2.45, 2.75) is 31.6 Å². The van der Waals surface area contributed by atoms with Gasteiger partial charge in [0.1, 0.15) is 12.2 Å². The summed E-state index contributed by atoms with van der Waals surface area (Å²) in [5.41, 5.74) is 0.708. The fourth-order valence-electron chi connectivity index (χ4n) is 3.88. The Morgan fingerprint density at radius 3 is 2.65 bits per heavy atom. The van der Waals surface area contributed by atoms with Gasteiger partial charge in [0.05, 0.1) is 39.8 Å². The van der Waals surface area contributed by atoms with Gasteiger partial charge in [0.2, 0.25) is 0 Å². The molecule has 0 aliphatic carbocycles. The van der Waals surface area contributed by atoms with Crippen LogP contribution in [-0.2, 0) is 35.0 Å². The van der Waals surface area contributed by atoms with Crippen LogP contribution >= 0.6 is 0 Å². The van der Waals surface area contributed by atoms with E-state index in [4.69, 9.17) is 18.9 Å². The van der Waals surface area contributed by atoms with Crippen molar-refractivity contribution in [1.29, 1.82) is 0 Å². The number of carbonyl (C=O) groups excluding carboxylic acids is 3. The fraction of sp³-hybridized carbons (Fsp3) is 0.385. The summed E-state index contributed by atoms with van der Waals surface area (Å²) in [7, 11) is 2.59. The molecule has 1 saturated heterocycles. The predicted molar refractivity (Wildman–Crippen MR) is 130 cm³/mol. The Hall–Kier alpha value is -4.12. The number of hydrogen-bond acceptors (Lipinski definition) is 10. The number of rotatable bonds is 8. The highest BCUT2D eigenvalue weighted by Gasteiger charge is 2.36. The predicted octanol–water partition coefficient (Wildman–Crippen LogP) is 1.79. The van der Waals surface area contributed by atoms with Gasteiger partial charge in [-0.3, -0.25) is 4.79 Å². The van der Waals surface area contributed by atoms with Crippen molar-refractivity contribution in [3.63, 3.8) is 0 Å². The molecule has 1 aliphatic heterocycles. The van der Waals surface area contributed by atoms with Crippen LogP contribution in [-0.4, -0.2) is 73.6 Å². The first-order valence-electron chi connectivity index (χ1n) is 11.6. The molecule has 0 unspecified atom stereocenters. The van der Waals surface area contributed by atoms with Gasteiger partial charge >= 0.3 is 11.9 Å². The highest BCUT2D eigenvalue weighted by atomic mass is 16.6. The van der Waals surface area contributed by atoms with Crippen LogP contribution < -0.4 is 10.1 Å². The lowest BCUT2D eigenvalue weighted by atomic mass is 9.91. The summed E-state index contributed by atoms with van der Waals surface area (Å²) in [4.78, 5) is 41.1. The Kier molecular flexibility index (Phi) is 9.84. The second-order valence-corrected chi connectivity index (χ2v) is 8.29. The van der Waals surface area contributed by atoms with Crippen LogP contribution in [0.3, 0.4) is 0 Å². The Bertz CT molecular complexity index is 1110. The number of pyridine rings is 1. The number of carbonyl (C=O) groups is 3. The zero-order valence-electron chi connectivity index (χ0n) is 20.8. The van der Waals surface area contributed by atoms with Gasteiger partial charge in [-0.15, -0.1) is 0 Å². The van der Waals surface area contributed by atoms with Gasteiger partial charge in [-0.1, -0.05) is 30.3 Å². The van der Waals surface area contributed by atoms with Crippen molar-refractivity contribution >= 4 is 17.8 Å². The topological polar surface area (TPSA) is 143 Å². The molecule has 1 amide bonds. The molecule has 11 heteroatoms. The van der Waals surface area contributed by atoms with E-state index in [0.29, 0.717) is 6.42 Å². The molecule has 2 heterocycles. The lowest BCUT2D eigenvalue weighted by molar-refractivity contribution is -0.157. The van der Waals surface area contributed by atoms with E-state index < -0.39 is 41.8 Å². The van der Waals surface area contributed by atoms with Crippen molar-refractivity contribution in [1.82, 2.24) is 10.3 Å². The second-order valence-electron chi connectivity index (χ2n) is 8.29. The van der Waals surface area contributed by atoms with Gasteiger partial charge in [0, 0.05) is 18.2 Å². The summed E-state index contributed by atoms with van der Waals surface area (Å²) in [5.74, 6) is -2.82. The summed E-state index contributed by atoms with van der Waals surface area (Å²) >= 11 is 0. The SMILES string of the molecule is COC(=O)/C=C/O[C@@H]1[C@@H](Cc2ccccc2)COC[C@H](NC(=O)c2nccc(OC)c2O)C(=O)O[C@H]1C. The number of aromatic nitrogens is 1. The molecule has 198 valence electrons. The van der Waals surface area contributed by atoms with Gasteiger partial charge in [-0.25, -0.2) is 14.6 Å². The number of methoxy groups -OCH3 is 2. The van der Waals surface area contributed by atoms with E-state index in [1.165, 1.54) is 32.7 Å². The third kappa shape index (κ3) is 7.43. The number of nitrogens with one attached hydrogen (secondary N) is 1. The average Bonchev–Trinajstić information content (AvgIpc) is 2.94. The minimum Gasteiger partial charge on any atom is -0.503 e. The molecule has 2 N–H and O–H groups in total. The zero-order chi connectivity index (χ0) is 26.8. The van der Waals surface area contributed by atoms with Crippen molar-refractivity contribution in [2.75, 3.05) is 27.4 Å². The molecular formula is C26H30N2O9. The highest BCUT2D eigenvalue weighted by Crippen LogP contribution is 2.28. The summed E-state index contributed by atoms with van der Waals surface area (Å²) in [5, 5.41) is 12.7. The third-order valence-corrected chi connectivity index (χ3v) is 5.74. The molecule has 1 aliphatic rings. The summed E-state index contributed by atoms with van der Waals surface area (Å²) in [6.07, 6.45) is 2.71. The maximum Gasteiger partial charge on any atom is 0.333 e. The minimum atomic E-state index is -1.18. The average molecular weight is 515 g/mol. The monoisotopic (exact) mass is 514 g/mol. The van der Waals surface area contributed by atoms with E-state index in [1.807, 2.05) is 30.3 Å². The largest absolute Gasteiger partial charge is 0.503 e. The lowest BCUT2D eigenvalue weighted by Crippen LogP contribution is -2.46. The maximum absolute atomic E-state index is 13.0. The smallest absolute Gasteiger partial charge is 0.333 e. The molecule has 11 nitrogen and oxygen atoms in total. The summed E-state index contributed by atoms with van der Waals surface area (Å²) in [6.45, 7) is 1.64. The number of cyclic esters (lactones) is 1. The number of amides is 1. The van der Waals surface area contributed by atoms with Gasteiger partial charge in [-0.05, 0) is 18.9 Å². The maximum atomic E-state index is 13.0. The molecular weight excluding hydrogens is 484 g/mol. The Morgan fingerprint density at radius 1 is 1.19 bits per heavy atom. The number of benzene rings is 1. The molecule has 0 radical (unpaired) electrons. The van der Waals surface area contributed by atoms with E-state index in [-0.39, 0.29) is 30.6 Å². The van der Waals surface area contributed by atoms with Gasteiger partial charge in [0.15, 0.2) is 23.2 Å². The number of nitrogens with zero attached hydrogens (tertiary/aromatic N) is 1. The third-order valence-electron chi connectivity index (χ3n) is 5.74. The van der Waals surface area contributed by atoms with Crippen LogP contribution in [0.2, 0.25) is 0 Å². The Labute approximate surface area is 214 Å². The Balaban J connectivity index is 1.79. The molecule has 0 spiro atoms. The number of ether oxygens (including phenoxy) is 5. The van der Waals surface area contributed by atoms with Gasteiger partial charge in [-0.2, -0.15) is 0 Å². The van der Waals surface area contributed by atoms with Crippen molar-refractivity contribution in [2.24, 2.45) is 5.92 Å². The first-order chi connectivity index (χ1) is 17.8. The molecule has 1 aromatic heterocycles. The Morgan fingerprint density at radius 2 is 1.95 bits per heavy atom.